The Morgan fingerprint density at radius 3 is 2.71 bits per heavy atom. The summed E-state index contributed by atoms with van der Waals surface area (Å²) in [5.41, 5.74) is 3.47. The Balaban J connectivity index is 1.14. The van der Waals surface area contributed by atoms with Gasteiger partial charge in [-0.05, 0) is 42.5 Å². The maximum absolute atomic E-state index is 14.6. The molecule has 7 rings (SSSR count). The predicted octanol–water partition coefficient (Wildman–Crippen LogP) is 5.08. The highest BCUT2D eigenvalue weighted by Gasteiger charge is 2.24. The summed E-state index contributed by atoms with van der Waals surface area (Å²) in [5.74, 6) is 0.623. The second-order valence-corrected chi connectivity index (χ2v) is 11.1. The normalized spacial score (nSPS) is 15.0. The quantitative estimate of drug-likeness (QED) is 0.282. The second kappa shape index (κ2) is 11.6. The zero-order valence-corrected chi connectivity index (χ0v) is 23.4. The van der Waals surface area contributed by atoms with Crippen molar-refractivity contribution in [3.8, 4) is 44.7 Å². The van der Waals surface area contributed by atoms with Crippen LogP contribution in [0.25, 0.3) is 38.9 Å². The number of nitrogens with one attached hydrogen (secondary N) is 1. The molecule has 0 spiro atoms. The van der Waals surface area contributed by atoms with Crippen molar-refractivity contribution < 1.29 is 18.3 Å². The molecule has 1 N–H and O–H groups in total. The number of pyridine rings is 2. The predicted molar refractivity (Wildman–Crippen MR) is 156 cm³/mol. The highest BCUT2D eigenvalue weighted by molar-refractivity contribution is 7.16. The monoisotopic (exact) mass is 587 g/mol. The van der Waals surface area contributed by atoms with E-state index in [1.807, 2.05) is 36.5 Å². The van der Waals surface area contributed by atoms with Crippen LogP contribution in [-0.4, -0.2) is 75.6 Å². The maximum atomic E-state index is 14.6. The van der Waals surface area contributed by atoms with Crippen molar-refractivity contribution in [2.45, 2.75) is 6.42 Å². The molecule has 5 aromatic rings. The number of thiophene rings is 1. The SMILES string of the molecule is Fc1ccc(-n2ncnc2-c2cc3c(s2)CCOc2ccc(-c4ccc(NCCN5CCOCC5)nc4)nc2-3)c(F)c1. The smallest absolute Gasteiger partial charge is 0.173 e. The molecule has 6 heterocycles. The van der Waals surface area contributed by atoms with Crippen molar-refractivity contribution >= 4 is 17.2 Å². The van der Waals surface area contributed by atoms with Gasteiger partial charge in [0, 0.05) is 60.9 Å². The van der Waals surface area contributed by atoms with Crippen LogP contribution >= 0.6 is 11.3 Å². The first-order chi connectivity index (χ1) is 20.6. The fourth-order valence-electron chi connectivity index (χ4n) is 5.15. The van der Waals surface area contributed by atoms with Gasteiger partial charge in [0.25, 0.3) is 0 Å². The van der Waals surface area contributed by atoms with Crippen molar-refractivity contribution in [3.05, 3.63) is 77.6 Å². The molecule has 0 saturated carbocycles. The van der Waals surface area contributed by atoms with Gasteiger partial charge in [-0.1, -0.05) is 0 Å². The molecule has 2 aliphatic heterocycles. The molecule has 0 unspecified atom stereocenters. The first-order valence-electron chi connectivity index (χ1n) is 13.8. The van der Waals surface area contributed by atoms with E-state index in [0.29, 0.717) is 24.6 Å². The minimum Gasteiger partial charge on any atom is -0.491 e. The van der Waals surface area contributed by atoms with E-state index in [-0.39, 0.29) is 5.69 Å². The molecule has 9 nitrogen and oxygen atoms in total. The van der Waals surface area contributed by atoms with Gasteiger partial charge < -0.3 is 14.8 Å². The Hall–Kier alpha value is -4.26. The lowest BCUT2D eigenvalue weighted by Crippen LogP contribution is -2.39. The van der Waals surface area contributed by atoms with Crippen LogP contribution in [0, 0.1) is 11.6 Å². The average molecular weight is 588 g/mol. The highest BCUT2D eigenvalue weighted by atomic mass is 32.1. The fraction of sp³-hybridized carbons (Fsp3) is 0.267. The molecule has 2 aliphatic rings. The minimum atomic E-state index is -0.711. The number of nitrogens with zero attached hydrogens (tertiary/aromatic N) is 6. The molecule has 0 amide bonds. The minimum absolute atomic E-state index is 0.128. The van der Waals surface area contributed by atoms with E-state index >= 15 is 0 Å². The van der Waals surface area contributed by atoms with E-state index in [0.717, 1.165) is 83.5 Å². The van der Waals surface area contributed by atoms with Crippen molar-refractivity contribution in [2.24, 2.45) is 0 Å². The summed E-state index contributed by atoms with van der Waals surface area (Å²) in [6.07, 6.45) is 3.88. The molecular weight excluding hydrogens is 560 g/mol. The van der Waals surface area contributed by atoms with Crippen LogP contribution in [-0.2, 0) is 11.2 Å². The van der Waals surface area contributed by atoms with Crippen LogP contribution in [0.5, 0.6) is 5.75 Å². The third-order valence-electron chi connectivity index (χ3n) is 7.31. The van der Waals surface area contributed by atoms with E-state index < -0.39 is 11.6 Å². The molecule has 0 radical (unpaired) electrons. The van der Waals surface area contributed by atoms with Crippen LogP contribution in [0.15, 0.2) is 61.1 Å². The maximum Gasteiger partial charge on any atom is 0.173 e. The second-order valence-electron chi connectivity index (χ2n) is 9.99. The van der Waals surface area contributed by atoms with Gasteiger partial charge in [-0.2, -0.15) is 5.10 Å². The fourth-order valence-corrected chi connectivity index (χ4v) is 6.27. The van der Waals surface area contributed by atoms with Gasteiger partial charge in [-0.25, -0.2) is 28.4 Å². The largest absolute Gasteiger partial charge is 0.491 e. The van der Waals surface area contributed by atoms with E-state index in [4.69, 9.17) is 14.5 Å². The molecule has 0 bridgehead atoms. The Morgan fingerprint density at radius 1 is 0.976 bits per heavy atom. The number of morpholine rings is 1. The molecule has 0 aliphatic carbocycles. The first-order valence-corrected chi connectivity index (χ1v) is 14.6. The lowest BCUT2D eigenvalue weighted by Gasteiger charge is -2.26. The van der Waals surface area contributed by atoms with Gasteiger partial charge in [0.15, 0.2) is 11.6 Å². The molecule has 1 aromatic carbocycles. The lowest BCUT2D eigenvalue weighted by atomic mass is 10.1. The molecule has 214 valence electrons. The average Bonchev–Trinajstić information content (AvgIpc) is 3.62. The highest BCUT2D eigenvalue weighted by Crippen LogP contribution is 2.42. The van der Waals surface area contributed by atoms with Crippen molar-refractivity contribution in [1.29, 1.82) is 0 Å². The number of halogens is 2. The Kier molecular flexibility index (Phi) is 7.32. The van der Waals surface area contributed by atoms with E-state index in [1.165, 1.54) is 34.5 Å². The number of hydrogen-bond acceptors (Lipinski definition) is 9. The first kappa shape index (κ1) is 26.6. The summed E-state index contributed by atoms with van der Waals surface area (Å²) < 4.78 is 40.9. The van der Waals surface area contributed by atoms with Crippen LogP contribution in [0.4, 0.5) is 14.6 Å². The molecule has 1 saturated heterocycles. The van der Waals surface area contributed by atoms with Gasteiger partial charge in [0.2, 0.25) is 0 Å². The Morgan fingerprint density at radius 2 is 1.88 bits per heavy atom. The number of fused-ring (bicyclic) bond motifs is 3. The van der Waals surface area contributed by atoms with Gasteiger partial charge in [0.05, 0.1) is 30.4 Å². The van der Waals surface area contributed by atoms with Crippen LogP contribution < -0.4 is 10.1 Å². The zero-order chi connectivity index (χ0) is 28.5. The summed E-state index contributed by atoms with van der Waals surface area (Å²) in [5, 5.41) is 7.61. The number of rotatable bonds is 7. The molecule has 0 atom stereocenters. The third-order valence-corrected chi connectivity index (χ3v) is 8.50. The van der Waals surface area contributed by atoms with Crippen molar-refractivity contribution in [1.82, 2.24) is 29.6 Å². The number of benzene rings is 1. The number of aromatic nitrogens is 5. The van der Waals surface area contributed by atoms with Gasteiger partial charge in [-0.15, -0.1) is 11.3 Å². The Labute approximate surface area is 244 Å². The van der Waals surface area contributed by atoms with Crippen LogP contribution in [0.2, 0.25) is 0 Å². The summed E-state index contributed by atoms with van der Waals surface area (Å²) in [6.45, 7) is 5.76. The molecule has 12 heteroatoms. The topological polar surface area (TPSA) is 90.2 Å². The summed E-state index contributed by atoms with van der Waals surface area (Å²) in [6, 6.07) is 13.2. The number of hydrogen-bond donors (Lipinski definition) is 1. The van der Waals surface area contributed by atoms with Crippen molar-refractivity contribution in [3.63, 3.8) is 0 Å². The van der Waals surface area contributed by atoms with Gasteiger partial charge in [0.1, 0.15) is 35.1 Å². The molecule has 1 fully saturated rings. The zero-order valence-electron chi connectivity index (χ0n) is 22.6. The standard InChI is InChI=1S/C30H27F2N7O2S/c31-20-2-4-24(22(32)15-20)39-30(35-18-36-39)27-16-21-26(42-27)7-12-41-25-5-3-23(37-29(21)25)19-1-6-28(34-17-19)33-8-9-38-10-13-40-14-11-38/h1-6,15-18H,7-14H2,(H,33,34). The van der Waals surface area contributed by atoms with E-state index in [1.54, 1.807) is 0 Å². The lowest BCUT2D eigenvalue weighted by molar-refractivity contribution is 0.0398. The molecule has 4 aromatic heterocycles. The molecule has 42 heavy (non-hydrogen) atoms. The number of ether oxygens (including phenoxy) is 2. The third kappa shape index (κ3) is 5.36. The summed E-state index contributed by atoms with van der Waals surface area (Å²) in [4.78, 5) is 18.3. The van der Waals surface area contributed by atoms with Crippen molar-refractivity contribution in [2.75, 3.05) is 51.3 Å². The van der Waals surface area contributed by atoms with Gasteiger partial charge in [-0.3, -0.25) is 4.90 Å². The summed E-state index contributed by atoms with van der Waals surface area (Å²) in [7, 11) is 0. The molecular formula is C30H27F2N7O2S. The van der Waals surface area contributed by atoms with Gasteiger partial charge >= 0.3 is 0 Å². The van der Waals surface area contributed by atoms with Crippen LogP contribution in [0.3, 0.4) is 0 Å². The van der Waals surface area contributed by atoms with Crippen LogP contribution in [0.1, 0.15) is 4.88 Å². The van der Waals surface area contributed by atoms with E-state index in [2.05, 4.69) is 25.3 Å². The summed E-state index contributed by atoms with van der Waals surface area (Å²) >= 11 is 1.54. The Bertz CT molecular complexity index is 1720. The number of anilines is 1. The van der Waals surface area contributed by atoms with E-state index in [9.17, 15) is 8.78 Å².